The van der Waals surface area contributed by atoms with E-state index in [9.17, 15) is 18.0 Å². The van der Waals surface area contributed by atoms with Gasteiger partial charge in [-0.1, -0.05) is 11.6 Å². The van der Waals surface area contributed by atoms with Crippen LogP contribution in [0.3, 0.4) is 0 Å². The Bertz CT molecular complexity index is 1410. The van der Waals surface area contributed by atoms with Gasteiger partial charge in [0.2, 0.25) is 0 Å². The summed E-state index contributed by atoms with van der Waals surface area (Å²) in [5.41, 5.74) is 1.07. The number of carbonyl (C=O) groups excluding carboxylic acids is 2. The number of thiophene rings is 1. The molecule has 0 radical (unpaired) electrons. The van der Waals surface area contributed by atoms with E-state index in [1.807, 2.05) is 0 Å². The van der Waals surface area contributed by atoms with Gasteiger partial charge < -0.3 is 20.1 Å². The molecule has 11 nitrogen and oxygen atoms in total. The Balaban J connectivity index is 1.75. The molecule has 0 aliphatic rings. The molecule has 15 heteroatoms. The zero-order valence-electron chi connectivity index (χ0n) is 19.8. The molecule has 0 unspecified atom stereocenters. The molecule has 3 rings (SSSR count). The molecule has 3 aromatic rings. The molecule has 0 atom stereocenters. The molecule has 0 spiro atoms. The summed E-state index contributed by atoms with van der Waals surface area (Å²) >= 11 is 12.0. The van der Waals surface area contributed by atoms with Gasteiger partial charge in [-0.3, -0.25) is 4.72 Å². The van der Waals surface area contributed by atoms with Crippen LogP contribution in [0.15, 0.2) is 41.3 Å². The average Bonchev–Trinajstić information content (AvgIpc) is 3.16. The van der Waals surface area contributed by atoms with Crippen molar-refractivity contribution in [2.45, 2.75) is 25.7 Å². The maximum Gasteiger partial charge on any atom is 0.348 e. The largest absolute Gasteiger partial charge is 0.462 e. The molecular weight excluding hydrogens is 562 g/mol. The molecule has 0 saturated heterocycles. The number of ether oxygens (including phenoxy) is 2. The maximum atomic E-state index is 12.6. The normalized spacial score (nSPS) is 10.9. The number of rotatable bonds is 9. The first kappa shape index (κ1) is 28.2. The third kappa shape index (κ3) is 7.13. The number of hydrogen-bond donors (Lipinski definition) is 3. The molecule has 2 heterocycles. The van der Waals surface area contributed by atoms with Crippen LogP contribution in [0, 0.1) is 6.92 Å². The molecule has 0 bridgehead atoms. The second-order valence-corrected chi connectivity index (χ2v) is 10.7. The fourth-order valence-electron chi connectivity index (χ4n) is 2.99. The summed E-state index contributed by atoms with van der Waals surface area (Å²) < 4.78 is 37.7. The van der Waals surface area contributed by atoms with Gasteiger partial charge in [-0.2, -0.15) is 0 Å². The number of hydrogen-bond acceptors (Lipinski definition) is 10. The third-order valence-electron chi connectivity index (χ3n) is 4.61. The van der Waals surface area contributed by atoms with E-state index < -0.39 is 22.0 Å². The highest BCUT2D eigenvalue weighted by Gasteiger charge is 2.27. The van der Waals surface area contributed by atoms with Gasteiger partial charge in [0.25, 0.3) is 10.0 Å². The minimum absolute atomic E-state index is 0.0165. The van der Waals surface area contributed by atoms with E-state index in [0.717, 1.165) is 11.3 Å². The van der Waals surface area contributed by atoms with Crippen LogP contribution >= 0.6 is 35.2 Å². The molecule has 0 aliphatic heterocycles. The van der Waals surface area contributed by atoms with Gasteiger partial charge in [0.05, 0.1) is 23.7 Å². The number of thiocarbonyl (C=S) groups is 1. The molecule has 0 fully saturated rings. The van der Waals surface area contributed by atoms with Crippen LogP contribution in [0.5, 0.6) is 0 Å². The Hall–Kier alpha value is -3.33. The number of esters is 2. The summed E-state index contributed by atoms with van der Waals surface area (Å²) in [7, 11) is -3.92. The van der Waals surface area contributed by atoms with Crippen molar-refractivity contribution in [1.82, 2.24) is 10.2 Å². The van der Waals surface area contributed by atoms with Crippen molar-refractivity contribution in [3.8, 4) is 0 Å². The summed E-state index contributed by atoms with van der Waals surface area (Å²) in [6.07, 6.45) is 0. The second kappa shape index (κ2) is 12.3. The van der Waals surface area contributed by atoms with E-state index in [1.165, 1.54) is 36.4 Å². The molecule has 0 amide bonds. The quantitative estimate of drug-likeness (QED) is 0.242. The molecular formula is C22H22ClN5O6S3. The van der Waals surface area contributed by atoms with Crippen LogP contribution in [0.1, 0.15) is 39.4 Å². The first-order valence-corrected chi connectivity index (χ1v) is 13.8. The number of nitrogens with zero attached hydrogens (tertiary/aromatic N) is 2. The summed E-state index contributed by atoms with van der Waals surface area (Å²) in [6.45, 7) is 5.32. The highest BCUT2D eigenvalue weighted by molar-refractivity contribution is 7.92. The van der Waals surface area contributed by atoms with Crippen molar-refractivity contribution in [3.05, 3.63) is 57.6 Å². The SMILES string of the molecule is CCOC(=O)c1sc(NC(=S)Nc2ccc(S(=O)(=O)Nc3ccc(Cl)nn3)cc2)c(C(=O)OCC)c1C. The van der Waals surface area contributed by atoms with E-state index in [-0.39, 0.29) is 44.6 Å². The zero-order chi connectivity index (χ0) is 27.2. The smallest absolute Gasteiger partial charge is 0.348 e. The lowest BCUT2D eigenvalue weighted by Gasteiger charge is -2.12. The third-order valence-corrected chi connectivity index (χ3v) is 7.57. The van der Waals surface area contributed by atoms with E-state index in [0.29, 0.717) is 16.3 Å². The molecule has 196 valence electrons. The fraction of sp³-hybridized carbons (Fsp3) is 0.227. The van der Waals surface area contributed by atoms with Gasteiger partial charge in [-0.25, -0.2) is 18.0 Å². The number of halogens is 1. The number of nitrogens with one attached hydrogen (secondary N) is 3. The fourth-order valence-corrected chi connectivity index (χ4v) is 5.47. The minimum atomic E-state index is -3.92. The second-order valence-electron chi connectivity index (χ2n) is 7.15. The Morgan fingerprint density at radius 1 is 1.00 bits per heavy atom. The summed E-state index contributed by atoms with van der Waals surface area (Å²) in [6, 6.07) is 8.55. The van der Waals surface area contributed by atoms with E-state index in [4.69, 9.17) is 33.3 Å². The Morgan fingerprint density at radius 2 is 1.65 bits per heavy atom. The minimum Gasteiger partial charge on any atom is -0.462 e. The van der Waals surface area contributed by atoms with Crippen LogP contribution in [0.25, 0.3) is 0 Å². The maximum absolute atomic E-state index is 12.6. The molecule has 1 aromatic carbocycles. The van der Waals surface area contributed by atoms with E-state index in [2.05, 4.69) is 25.6 Å². The van der Waals surface area contributed by atoms with E-state index >= 15 is 0 Å². The average molecular weight is 584 g/mol. The topological polar surface area (TPSA) is 149 Å². The monoisotopic (exact) mass is 583 g/mol. The van der Waals surface area contributed by atoms with E-state index in [1.54, 1.807) is 20.8 Å². The highest BCUT2D eigenvalue weighted by atomic mass is 35.5. The zero-order valence-corrected chi connectivity index (χ0v) is 23.0. The van der Waals surface area contributed by atoms with Crippen molar-refractivity contribution in [3.63, 3.8) is 0 Å². The first-order chi connectivity index (χ1) is 17.6. The van der Waals surface area contributed by atoms with Gasteiger partial charge >= 0.3 is 11.9 Å². The van der Waals surface area contributed by atoms with Crippen LogP contribution in [0.4, 0.5) is 16.5 Å². The summed E-state index contributed by atoms with van der Waals surface area (Å²) in [5.74, 6) is -1.15. The molecule has 3 N–H and O–H groups in total. The molecule has 0 aliphatic carbocycles. The lowest BCUT2D eigenvalue weighted by atomic mass is 10.1. The van der Waals surface area contributed by atoms with Crippen molar-refractivity contribution >= 4 is 78.7 Å². The summed E-state index contributed by atoms with van der Waals surface area (Å²) in [4.78, 5) is 25.1. The van der Waals surface area contributed by atoms with Crippen molar-refractivity contribution < 1.29 is 27.5 Å². The molecule has 0 saturated carbocycles. The first-order valence-electron chi connectivity index (χ1n) is 10.7. The van der Waals surface area contributed by atoms with Gasteiger partial charge in [0.15, 0.2) is 16.1 Å². The van der Waals surface area contributed by atoms with Crippen molar-refractivity contribution in [2.24, 2.45) is 0 Å². The Kier molecular flexibility index (Phi) is 9.37. The van der Waals surface area contributed by atoms with Crippen molar-refractivity contribution in [2.75, 3.05) is 28.6 Å². The lowest BCUT2D eigenvalue weighted by Crippen LogP contribution is -2.20. The van der Waals surface area contributed by atoms with Crippen molar-refractivity contribution in [1.29, 1.82) is 0 Å². The standard InChI is InChI=1S/C22H22ClN5O6S3/c1-4-33-20(29)17-12(3)18(21(30)34-5-2)36-19(17)25-22(35)24-13-6-8-14(9-7-13)37(31,32)28-16-11-10-15(23)26-27-16/h6-11H,4-5H2,1-3H3,(H,27,28)(H2,24,25,35). The van der Waals surface area contributed by atoms with Gasteiger partial charge in [-0.15, -0.1) is 21.5 Å². The highest BCUT2D eigenvalue weighted by Crippen LogP contribution is 2.34. The summed E-state index contributed by atoms with van der Waals surface area (Å²) in [5, 5.41) is 13.6. The number of anilines is 3. The predicted octanol–water partition coefficient (Wildman–Crippen LogP) is 4.46. The lowest BCUT2D eigenvalue weighted by molar-refractivity contribution is 0.0527. The van der Waals surface area contributed by atoms with Crippen LogP contribution in [-0.4, -0.2) is 48.9 Å². The number of benzene rings is 1. The van der Waals surface area contributed by atoms with Gasteiger partial charge in [0, 0.05) is 5.69 Å². The van der Waals surface area contributed by atoms with Crippen LogP contribution in [-0.2, 0) is 19.5 Å². The molecule has 2 aromatic heterocycles. The van der Waals surface area contributed by atoms with Gasteiger partial charge in [0.1, 0.15) is 9.88 Å². The van der Waals surface area contributed by atoms with Crippen LogP contribution in [0.2, 0.25) is 5.15 Å². The van der Waals surface area contributed by atoms with Gasteiger partial charge in [-0.05, 0) is 75.0 Å². The number of carbonyl (C=O) groups is 2. The molecule has 37 heavy (non-hydrogen) atoms. The van der Waals surface area contributed by atoms with Crippen LogP contribution < -0.4 is 15.4 Å². The Morgan fingerprint density at radius 3 is 2.24 bits per heavy atom. The number of aromatic nitrogens is 2. The Labute approximate surface area is 227 Å². The number of sulfonamides is 1. The predicted molar refractivity (Wildman–Crippen MR) is 145 cm³/mol.